The van der Waals surface area contributed by atoms with Crippen molar-refractivity contribution in [3.8, 4) is 0 Å². The molecule has 0 aliphatic carbocycles. The molecule has 1 heterocycles. The third-order valence-electron chi connectivity index (χ3n) is 2.82. The quantitative estimate of drug-likeness (QED) is 0.934. The van der Waals surface area contributed by atoms with E-state index in [0.29, 0.717) is 17.1 Å². The van der Waals surface area contributed by atoms with Crippen molar-refractivity contribution in [2.75, 3.05) is 14.1 Å². The molecule has 0 saturated carbocycles. The molecule has 0 amide bonds. The van der Waals surface area contributed by atoms with E-state index in [4.69, 9.17) is 16.7 Å². The Labute approximate surface area is 116 Å². The molecule has 1 aromatic carbocycles. The average Bonchev–Trinajstić information content (AvgIpc) is 2.32. The second-order valence-corrected chi connectivity index (χ2v) is 5.14. The van der Waals surface area contributed by atoms with E-state index in [1.165, 1.54) is 0 Å². The number of hydrogen-bond donors (Lipinski definition) is 1. The lowest BCUT2D eigenvalue weighted by atomic mass is 10.0. The van der Waals surface area contributed by atoms with Crippen molar-refractivity contribution in [3.05, 3.63) is 40.7 Å². The van der Waals surface area contributed by atoms with E-state index < -0.39 is 5.97 Å². The van der Waals surface area contributed by atoms with Gasteiger partial charge in [0.25, 0.3) is 0 Å². The SMILES string of the molecule is CN(C)Cc1cc2c(CC(=O)O)c(Cl)ccc2cn1. The number of nitrogens with zero attached hydrogens (tertiary/aromatic N) is 2. The third kappa shape index (κ3) is 3.22. The second kappa shape index (κ2) is 5.55. The number of carbonyl (C=O) groups is 1. The van der Waals surface area contributed by atoms with Gasteiger partial charge in [0.2, 0.25) is 0 Å². The van der Waals surface area contributed by atoms with Gasteiger partial charge in [0.1, 0.15) is 0 Å². The standard InChI is InChI=1S/C14H15ClN2O2/c1-17(2)8-10-5-11-9(7-16-10)3-4-13(15)12(11)6-14(18)19/h3-5,7H,6,8H2,1-2H3,(H,18,19). The molecular formula is C14H15ClN2O2. The van der Waals surface area contributed by atoms with Crippen molar-refractivity contribution < 1.29 is 9.90 Å². The molecule has 0 atom stereocenters. The number of carboxylic acids is 1. The lowest BCUT2D eigenvalue weighted by Gasteiger charge is -2.11. The summed E-state index contributed by atoms with van der Waals surface area (Å²) >= 11 is 6.11. The summed E-state index contributed by atoms with van der Waals surface area (Å²) < 4.78 is 0. The first kappa shape index (κ1) is 13.8. The fourth-order valence-corrected chi connectivity index (χ4v) is 2.27. The van der Waals surface area contributed by atoms with Crippen molar-refractivity contribution in [2.45, 2.75) is 13.0 Å². The Bertz CT molecular complexity index is 626. The number of rotatable bonds is 4. The maximum absolute atomic E-state index is 10.9. The number of aromatic nitrogens is 1. The molecule has 4 nitrogen and oxygen atoms in total. The minimum Gasteiger partial charge on any atom is -0.481 e. The van der Waals surface area contributed by atoms with Crippen molar-refractivity contribution in [3.63, 3.8) is 0 Å². The molecule has 2 rings (SSSR count). The second-order valence-electron chi connectivity index (χ2n) is 4.73. The summed E-state index contributed by atoms with van der Waals surface area (Å²) in [7, 11) is 3.92. The molecule has 2 aromatic rings. The highest BCUT2D eigenvalue weighted by Gasteiger charge is 2.11. The van der Waals surface area contributed by atoms with Gasteiger partial charge in [-0.15, -0.1) is 0 Å². The first-order chi connectivity index (χ1) is 8.97. The zero-order valence-corrected chi connectivity index (χ0v) is 11.6. The number of halogens is 1. The maximum atomic E-state index is 10.9. The molecule has 0 radical (unpaired) electrons. The monoisotopic (exact) mass is 278 g/mol. The Morgan fingerprint density at radius 3 is 2.79 bits per heavy atom. The van der Waals surface area contributed by atoms with Crippen LogP contribution in [0, 0.1) is 0 Å². The van der Waals surface area contributed by atoms with Gasteiger partial charge >= 0.3 is 5.97 Å². The molecule has 5 heteroatoms. The van der Waals surface area contributed by atoms with Crippen LogP contribution in [0.25, 0.3) is 10.8 Å². The summed E-state index contributed by atoms with van der Waals surface area (Å²) in [5.74, 6) is -0.889. The average molecular weight is 279 g/mol. The lowest BCUT2D eigenvalue weighted by Crippen LogP contribution is -2.12. The fraction of sp³-hybridized carbons (Fsp3) is 0.286. The molecule has 0 bridgehead atoms. The van der Waals surface area contributed by atoms with Crippen LogP contribution < -0.4 is 0 Å². The number of benzene rings is 1. The number of hydrogen-bond acceptors (Lipinski definition) is 3. The van der Waals surface area contributed by atoms with Crippen LogP contribution in [0.1, 0.15) is 11.3 Å². The van der Waals surface area contributed by atoms with Crippen LogP contribution in [0.4, 0.5) is 0 Å². The van der Waals surface area contributed by atoms with E-state index in [9.17, 15) is 4.79 Å². The van der Waals surface area contributed by atoms with E-state index in [0.717, 1.165) is 16.5 Å². The lowest BCUT2D eigenvalue weighted by molar-refractivity contribution is -0.136. The predicted molar refractivity (Wildman–Crippen MR) is 75.5 cm³/mol. The summed E-state index contributed by atoms with van der Waals surface area (Å²) in [5, 5.41) is 11.2. The first-order valence-corrected chi connectivity index (χ1v) is 6.27. The van der Waals surface area contributed by atoms with E-state index in [1.807, 2.05) is 31.1 Å². The minimum absolute atomic E-state index is 0.0818. The first-order valence-electron chi connectivity index (χ1n) is 5.90. The van der Waals surface area contributed by atoms with Gasteiger partial charge in [-0.2, -0.15) is 0 Å². The van der Waals surface area contributed by atoms with Crippen LogP contribution in [0.5, 0.6) is 0 Å². The molecule has 0 unspecified atom stereocenters. The molecule has 0 fully saturated rings. The fourth-order valence-electron chi connectivity index (χ4n) is 2.04. The van der Waals surface area contributed by atoms with E-state index in [2.05, 4.69) is 4.98 Å². The zero-order valence-electron chi connectivity index (χ0n) is 10.9. The van der Waals surface area contributed by atoms with Gasteiger partial charge in [-0.1, -0.05) is 17.7 Å². The summed E-state index contributed by atoms with van der Waals surface area (Å²) in [6.45, 7) is 0.703. The maximum Gasteiger partial charge on any atom is 0.307 e. The molecule has 19 heavy (non-hydrogen) atoms. The van der Waals surface area contributed by atoms with Crippen molar-refractivity contribution >= 4 is 28.3 Å². The Kier molecular flexibility index (Phi) is 4.02. The summed E-state index contributed by atoms with van der Waals surface area (Å²) in [6, 6.07) is 5.49. The van der Waals surface area contributed by atoms with Crippen LogP contribution in [0.15, 0.2) is 24.4 Å². The summed E-state index contributed by atoms with van der Waals surface area (Å²) in [6.07, 6.45) is 1.68. The molecule has 1 N–H and O–H groups in total. The summed E-state index contributed by atoms with van der Waals surface area (Å²) in [5.41, 5.74) is 1.54. The van der Waals surface area contributed by atoms with Crippen LogP contribution in [0.3, 0.4) is 0 Å². The Morgan fingerprint density at radius 2 is 2.16 bits per heavy atom. The van der Waals surface area contributed by atoms with Gasteiger partial charge in [0.15, 0.2) is 0 Å². The zero-order chi connectivity index (χ0) is 14.0. The molecule has 1 aromatic heterocycles. The van der Waals surface area contributed by atoms with Crippen molar-refractivity contribution in [1.29, 1.82) is 0 Å². The highest BCUT2D eigenvalue weighted by atomic mass is 35.5. The van der Waals surface area contributed by atoms with E-state index in [1.54, 1.807) is 12.3 Å². The van der Waals surface area contributed by atoms with Crippen LogP contribution >= 0.6 is 11.6 Å². The van der Waals surface area contributed by atoms with Gasteiger partial charge in [-0.05, 0) is 37.2 Å². The van der Waals surface area contributed by atoms with E-state index >= 15 is 0 Å². The van der Waals surface area contributed by atoms with Gasteiger partial charge in [-0.3, -0.25) is 9.78 Å². The Hall–Kier alpha value is -1.65. The molecule has 0 saturated heterocycles. The smallest absolute Gasteiger partial charge is 0.307 e. The highest BCUT2D eigenvalue weighted by molar-refractivity contribution is 6.32. The molecule has 100 valence electrons. The summed E-state index contributed by atoms with van der Waals surface area (Å²) in [4.78, 5) is 17.3. The van der Waals surface area contributed by atoms with Gasteiger partial charge in [0.05, 0.1) is 12.1 Å². The third-order valence-corrected chi connectivity index (χ3v) is 3.17. The van der Waals surface area contributed by atoms with Crippen LogP contribution in [-0.4, -0.2) is 35.1 Å². The predicted octanol–water partition coefficient (Wildman–Crippen LogP) is 2.58. The largest absolute Gasteiger partial charge is 0.481 e. The topological polar surface area (TPSA) is 53.4 Å². The van der Waals surface area contributed by atoms with E-state index in [-0.39, 0.29) is 6.42 Å². The van der Waals surface area contributed by atoms with Crippen LogP contribution in [0.2, 0.25) is 5.02 Å². The van der Waals surface area contributed by atoms with Crippen LogP contribution in [-0.2, 0) is 17.8 Å². The molecule has 0 aliphatic rings. The van der Waals surface area contributed by atoms with Gasteiger partial charge in [-0.25, -0.2) is 0 Å². The molecule has 0 aliphatic heterocycles. The van der Waals surface area contributed by atoms with Crippen molar-refractivity contribution in [2.24, 2.45) is 0 Å². The van der Waals surface area contributed by atoms with Gasteiger partial charge < -0.3 is 10.0 Å². The number of fused-ring (bicyclic) bond motifs is 1. The Balaban J connectivity index is 2.56. The molecule has 0 spiro atoms. The number of pyridine rings is 1. The normalized spacial score (nSPS) is 11.2. The molecular weight excluding hydrogens is 264 g/mol. The number of carboxylic acid groups (broad SMARTS) is 1. The minimum atomic E-state index is -0.889. The highest BCUT2D eigenvalue weighted by Crippen LogP contribution is 2.27. The Morgan fingerprint density at radius 1 is 1.42 bits per heavy atom. The van der Waals surface area contributed by atoms with Gasteiger partial charge in [0, 0.05) is 23.2 Å². The number of aliphatic carboxylic acids is 1. The van der Waals surface area contributed by atoms with Crippen molar-refractivity contribution in [1.82, 2.24) is 9.88 Å².